The van der Waals surface area contributed by atoms with Gasteiger partial charge in [0.15, 0.2) is 0 Å². The van der Waals surface area contributed by atoms with Crippen molar-refractivity contribution in [3.63, 3.8) is 0 Å². The molecule has 1 heterocycles. The van der Waals surface area contributed by atoms with Crippen molar-refractivity contribution in [2.75, 3.05) is 0 Å². The van der Waals surface area contributed by atoms with Gasteiger partial charge in [0, 0.05) is 0 Å². The summed E-state index contributed by atoms with van der Waals surface area (Å²) in [6.07, 6.45) is 1.64. The maximum atomic E-state index is 11.6. The molecule has 0 fully saturated rings. The van der Waals surface area contributed by atoms with Gasteiger partial charge in [0.25, 0.3) is 0 Å². The molecular formula is C11H18OSSn. The first kappa shape index (κ1) is 12.2. The number of rotatable bonds is 4. The van der Waals surface area contributed by atoms with Crippen molar-refractivity contribution in [1.29, 1.82) is 0 Å². The summed E-state index contributed by atoms with van der Waals surface area (Å²) in [5.74, 6) is 0.319. The van der Waals surface area contributed by atoms with E-state index in [1.807, 2.05) is 6.07 Å². The van der Waals surface area contributed by atoms with Crippen LogP contribution in [-0.2, 0) is 0 Å². The van der Waals surface area contributed by atoms with Crippen LogP contribution in [0.1, 0.15) is 29.4 Å². The standard InChI is InChI=1S/C8H9OS.3CH3.Sn/c1-2-4-7(9)8-5-3-6-10-8;;;;/h3,5H,2,4H2,1H3;3*1H3;. The monoisotopic (exact) mass is 318 g/mol. The van der Waals surface area contributed by atoms with Gasteiger partial charge in [0.1, 0.15) is 0 Å². The molecule has 0 aromatic carbocycles. The van der Waals surface area contributed by atoms with E-state index in [0.717, 1.165) is 11.3 Å². The molecule has 1 aromatic rings. The first-order valence-corrected chi connectivity index (χ1v) is 15.9. The molecule has 0 unspecified atom stereocenters. The van der Waals surface area contributed by atoms with E-state index >= 15 is 0 Å². The van der Waals surface area contributed by atoms with Crippen LogP contribution >= 0.6 is 11.3 Å². The molecule has 0 aliphatic carbocycles. The van der Waals surface area contributed by atoms with Gasteiger partial charge in [-0.15, -0.1) is 0 Å². The van der Waals surface area contributed by atoms with Gasteiger partial charge >= 0.3 is 94.8 Å². The topological polar surface area (TPSA) is 17.1 Å². The number of hydrogen-bond acceptors (Lipinski definition) is 2. The summed E-state index contributed by atoms with van der Waals surface area (Å²) >= 11 is -0.188. The second kappa shape index (κ2) is 4.79. The summed E-state index contributed by atoms with van der Waals surface area (Å²) in [5, 5.41) is 0. The van der Waals surface area contributed by atoms with Gasteiger partial charge in [0.05, 0.1) is 0 Å². The summed E-state index contributed by atoms with van der Waals surface area (Å²) < 4.78 is 1.50. The zero-order chi connectivity index (χ0) is 10.8. The molecule has 0 atom stereocenters. The first-order chi connectivity index (χ1) is 6.45. The Hall–Kier alpha value is 0.169. The van der Waals surface area contributed by atoms with Crippen molar-refractivity contribution in [1.82, 2.24) is 0 Å². The number of carbonyl (C=O) groups excluding carboxylic acids is 1. The Morgan fingerprint density at radius 2 is 2.00 bits per heavy atom. The van der Waals surface area contributed by atoms with Crippen molar-refractivity contribution < 1.29 is 4.79 Å². The molecule has 0 saturated heterocycles. The fourth-order valence-corrected chi connectivity index (χ4v) is 7.50. The average molecular weight is 317 g/mol. The molecule has 78 valence electrons. The number of hydrogen-bond donors (Lipinski definition) is 0. The molecule has 3 heteroatoms. The quantitative estimate of drug-likeness (QED) is 0.615. The Morgan fingerprint density at radius 3 is 2.43 bits per heavy atom. The molecule has 0 saturated carbocycles. The molecule has 1 nitrogen and oxygen atoms in total. The molecule has 0 aliphatic rings. The van der Waals surface area contributed by atoms with Crippen LogP contribution in [0.25, 0.3) is 0 Å². The van der Waals surface area contributed by atoms with Crippen molar-refractivity contribution in [3.05, 3.63) is 17.0 Å². The first-order valence-electron chi connectivity index (χ1n) is 5.08. The van der Waals surface area contributed by atoms with Crippen molar-refractivity contribution in [3.8, 4) is 0 Å². The molecule has 0 amide bonds. The number of Topliss-reactive ketones (excluding diaryl/α,β-unsaturated/α-hetero) is 1. The second-order valence-electron chi connectivity index (χ2n) is 4.59. The Bertz CT molecular complexity index is 322. The molecule has 0 spiro atoms. The van der Waals surface area contributed by atoms with E-state index in [-0.39, 0.29) is 0 Å². The second-order valence-corrected chi connectivity index (χ2v) is 21.1. The number of ketones is 1. The van der Waals surface area contributed by atoms with Crippen LogP contribution in [0.2, 0.25) is 14.8 Å². The average Bonchev–Trinajstić information content (AvgIpc) is 2.51. The summed E-state index contributed by atoms with van der Waals surface area (Å²) in [7, 11) is 0. The van der Waals surface area contributed by atoms with Gasteiger partial charge in [0.2, 0.25) is 0 Å². The fraction of sp³-hybridized carbons (Fsp3) is 0.545. The minimum absolute atomic E-state index is 0.319. The Balaban J connectivity index is 2.83. The number of thiophene rings is 1. The summed E-state index contributed by atoms with van der Waals surface area (Å²) in [5.41, 5.74) is 0. The van der Waals surface area contributed by atoms with Crippen molar-refractivity contribution in [2.45, 2.75) is 34.6 Å². The molecule has 1 rings (SSSR count). The van der Waals surface area contributed by atoms with Gasteiger partial charge in [-0.2, -0.15) is 0 Å². The normalized spacial score (nSPS) is 11.7. The molecule has 0 radical (unpaired) electrons. The van der Waals surface area contributed by atoms with E-state index in [2.05, 4.69) is 27.8 Å². The minimum atomic E-state index is -1.92. The number of carbonyl (C=O) groups is 1. The van der Waals surface area contributed by atoms with Crippen LogP contribution in [0, 0.1) is 0 Å². The Morgan fingerprint density at radius 1 is 1.36 bits per heavy atom. The van der Waals surface area contributed by atoms with Crippen molar-refractivity contribution in [2.24, 2.45) is 0 Å². The van der Waals surface area contributed by atoms with E-state index in [1.54, 1.807) is 11.3 Å². The fourth-order valence-electron chi connectivity index (χ4n) is 1.24. The molecule has 1 aromatic heterocycles. The predicted octanol–water partition coefficient (Wildman–Crippen LogP) is 3.28. The van der Waals surface area contributed by atoms with E-state index < -0.39 is 18.4 Å². The van der Waals surface area contributed by atoms with Crippen LogP contribution in [0.4, 0.5) is 0 Å². The SMILES string of the molecule is CCCC(=O)c1cc[c]([Sn]([CH3])([CH3])[CH3])s1. The zero-order valence-electron chi connectivity index (χ0n) is 9.39. The van der Waals surface area contributed by atoms with Crippen LogP contribution in [0.5, 0.6) is 0 Å². The summed E-state index contributed by atoms with van der Waals surface area (Å²) in [6, 6.07) is 4.18. The third-order valence-corrected chi connectivity index (χ3v) is 12.7. The molecule has 14 heavy (non-hydrogen) atoms. The zero-order valence-corrected chi connectivity index (χ0v) is 13.1. The third kappa shape index (κ3) is 3.09. The van der Waals surface area contributed by atoms with Gasteiger partial charge in [-0.05, 0) is 0 Å². The summed E-state index contributed by atoms with van der Waals surface area (Å²) in [6.45, 7) is 2.05. The molecule has 0 bridgehead atoms. The Kier molecular flexibility index (Phi) is 4.19. The third-order valence-electron chi connectivity index (χ3n) is 2.10. The molecular weight excluding hydrogens is 299 g/mol. The van der Waals surface area contributed by atoms with Crippen molar-refractivity contribution >= 4 is 38.4 Å². The van der Waals surface area contributed by atoms with E-state index in [9.17, 15) is 4.79 Å². The van der Waals surface area contributed by atoms with Crippen LogP contribution < -0.4 is 2.89 Å². The van der Waals surface area contributed by atoms with Crippen LogP contribution in [-0.4, -0.2) is 24.2 Å². The molecule has 0 N–H and O–H groups in total. The van der Waals surface area contributed by atoms with Gasteiger partial charge in [-0.25, -0.2) is 0 Å². The van der Waals surface area contributed by atoms with E-state index in [1.165, 1.54) is 2.89 Å². The van der Waals surface area contributed by atoms with Crippen LogP contribution in [0.15, 0.2) is 12.1 Å². The van der Waals surface area contributed by atoms with Crippen LogP contribution in [0.3, 0.4) is 0 Å². The predicted molar refractivity (Wildman–Crippen MR) is 66.5 cm³/mol. The Labute approximate surface area is 94.4 Å². The van der Waals surface area contributed by atoms with E-state index in [4.69, 9.17) is 0 Å². The van der Waals surface area contributed by atoms with Gasteiger partial charge in [-0.1, -0.05) is 0 Å². The maximum absolute atomic E-state index is 11.6. The summed E-state index contributed by atoms with van der Waals surface area (Å²) in [4.78, 5) is 19.7. The molecule has 0 aliphatic heterocycles. The van der Waals surface area contributed by atoms with Gasteiger partial charge < -0.3 is 0 Å². The van der Waals surface area contributed by atoms with Gasteiger partial charge in [-0.3, -0.25) is 0 Å². The van der Waals surface area contributed by atoms with E-state index in [0.29, 0.717) is 12.2 Å².